The van der Waals surface area contributed by atoms with Crippen LogP contribution in [0.5, 0.6) is 0 Å². The number of aromatic nitrogens is 2. The first kappa shape index (κ1) is 12.2. The van der Waals surface area contributed by atoms with Gasteiger partial charge < -0.3 is 10.4 Å². The molecule has 2 rings (SSSR count). The van der Waals surface area contributed by atoms with E-state index in [0.717, 1.165) is 5.56 Å². The minimum atomic E-state index is -1.01. The molecular weight excluding hydrogens is 230 g/mol. The normalized spacial score (nSPS) is 10.2. The summed E-state index contributed by atoms with van der Waals surface area (Å²) in [5.74, 6) is -1.01. The Balaban J connectivity index is 1.90. The first-order valence-electron chi connectivity index (χ1n) is 5.54. The van der Waals surface area contributed by atoms with Crippen molar-refractivity contribution in [1.29, 1.82) is 0 Å². The molecule has 5 nitrogen and oxygen atoms in total. The molecule has 0 atom stereocenters. The number of carboxylic acids is 1. The molecule has 0 aromatic carbocycles. The highest BCUT2D eigenvalue weighted by Crippen LogP contribution is 2.00. The van der Waals surface area contributed by atoms with Crippen LogP contribution in [-0.4, -0.2) is 21.0 Å². The van der Waals surface area contributed by atoms with E-state index in [1.54, 1.807) is 24.5 Å². The van der Waals surface area contributed by atoms with E-state index in [0.29, 0.717) is 18.8 Å². The molecule has 0 fully saturated rings. The minimum Gasteiger partial charge on any atom is -0.477 e. The lowest BCUT2D eigenvalue weighted by Gasteiger charge is -2.04. The lowest BCUT2D eigenvalue weighted by atomic mass is 10.2. The van der Waals surface area contributed by atoms with E-state index >= 15 is 0 Å². The molecule has 2 heterocycles. The number of aromatic carboxylic acids is 1. The van der Waals surface area contributed by atoms with Crippen molar-refractivity contribution in [1.82, 2.24) is 15.3 Å². The third-order valence-electron chi connectivity index (χ3n) is 2.38. The Labute approximate surface area is 105 Å². The third kappa shape index (κ3) is 3.36. The lowest BCUT2D eigenvalue weighted by Crippen LogP contribution is -2.14. The van der Waals surface area contributed by atoms with Gasteiger partial charge in [0.2, 0.25) is 0 Å². The molecule has 2 N–H and O–H groups in total. The topological polar surface area (TPSA) is 75.1 Å². The molecule has 0 aliphatic heterocycles. The molecule has 2 aromatic heterocycles. The molecule has 0 radical (unpaired) electrons. The SMILES string of the molecule is O=C(O)c1cccc(CNCc2cccnc2)n1. The van der Waals surface area contributed by atoms with Gasteiger partial charge in [0.25, 0.3) is 0 Å². The Hall–Kier alpha value is -2.27. The number of pyridine rings is 2. The summed E-state index contributed by atoms with van der Waals surface area (Å²) in [5, 5.41) is 12.0. The van der Waals surface area contributed by atoms with Crippen LogP contribution in [0.25, 0.3) is 0 Å². The summed E-state index contributed by atoms with van der Waals surface area (Å²) in [6.07, 6.45) is 3.51. The summed E-state index contributed by atoms with van der Waals surface area (Å²) < 4.78 is 0. The van der Waals surface area contributed by atoms with Crippen molar-refractivity contribution in [3.63, 3.8) is 0 Å². The zero-order valence-corrected chi connectivity index (χ0v) is 9.71. The first-order valence-corrected chi connectivity index (χ1v) is 5.54. The summed E-state index contributed by atoms with van der Waals surface area (Å²) in [6.45, 7) is 1.20. The van der Waals surface area contributed by atoms with E-state index in [1.165, 1.54) is 6.07 Å². The largest absolute Gasteiger partial charge is 0.477 e. The van der Waals surface area contributed by atoms with Gasteiger partial charge in [0.15, 0.2) is 0 Å². The molecule has 0 aliphatic rings. The van der Waals surface area contributed by atoms with Crippen molar-refractivity contribution >= 4 is 5.97 Å². The Bertz CT molecular complexity index is 529. The van der Waals surface area contributed by atoms with Gasteiger partial charge in [0.1, 0.15) is 5.69 Å². The van der Waals surface area contributed by atoms with E-state index in [9.17, 15) is 4.79 Å². The molecule has 0 unspecified atom stereocenters. The van der Waals surface area contributed by atoms with Gasteiger partial charge in [0, 0.05) is 25.5 Å². The van der Waals surface area contributed by atoms with Crippen molar-refractivity contribution in [2.45, 2.75) is 13.1 Å². The summed E-state index contributed by atoms with van der Waals surface area (Å²) >= 11 is 0. The predicted octanol–water partition coefficient (Wildman–Crippen LogP) is 1.46. The van der Waals surface area contributed by atoms with Crippen LogP contribution in [0.2, 0.25) is 0 Å². The molecule has 0 amide bonds. The van der Waals surface area contributed by atoms with E-state index in [2.05, 4.69) is 15.3 Å². The van der Waals surface area contributed by atoms with Crippen LogP contribution in [0, 0.1) is 0 Å². The fourth-order valence-electron chi connectivity index (χ4n) is 1.53. The number of nitrogens with zero attached hydrogens (tertiary/aromatic N) is 2. The van der Waals surface area contributed by atoms with E-state index in [4.69, 9.17) is 5.11 Å². The van der Waals surface area contributed by atoms with Gasteiger partial charge in [-0.2, -0.15) is 0 Å². The zero-order valence-electron chi connectivity index (χ0n) is 9.71. The fourth-order valence-corrected chi connectivity index (χ4v) is 1.53. The molecule has 0 saturated heterocycles. The number of carboxylic acid groups (broad SMARTS) is 1. The molecule has 0 saturated carbocycles. The Kier molecular flexibility index (Phi) is 3.98. The second-order valence-corrected chi connectivity index (χ2v) is 3.78. The number of hydrogen-bond acceptors (Lipinski definition) is 4. The van der Waals surface area contributed by atoms with Crippen LogP contribution in [0.15, 0.2) is 42.7 Å². The van der Waals surface area contributed by atoms with Crippen LogP contribution in [0.3, 0.4) is 0 Å². The third-order valence-corrected chi connectivity index (χ3v) is 2.38. The maximum atomic E-state index is 10.8. The van der Waals surface area contributed by atoms with E-state index < -0.39 is 5.97 Å². The Morgan fingerprint density at radius 3 is 2.83 bits per heavy atom. The van der Waals surface area contributed by atoms with Gasteiger partial charge in [-0.1, -0.05) is 12.1 Å². The number of hydrogen-bond donors (Lipinski definition) is 2. The second kappa shape index (κ2) is 5.88. The lowest BCUT2D eigenvalue weighted by molar-refractivity contribution is 0.0690. The van der Waals surface area contributed by atoms with Crippen LogP contribution in [0.4, 0.5) is 0 Å². The molecule has 0 bridgehead atoms. The quantitative estimate of drug-likeness (QED) is 0.831. The van der Waals surface area contributed by atoms with Gasteiger partial charge in [-0.05, 0) is 23.8 Å². The van der Waals surface area contributed by atoms with Crippen molar-refractivity contribution < 1.29 is 9.90 Å². The highest BCUT2D eigenvalue weighted by Gasteiger charge is 2.04. The maximum Gasteiger partial charge on any atom is 0.354 e. The van der Waals surface area contributed by atoms with Gasteiger partial charge in [-0.25, -0.2) is 9.78 Å². The second-order valence-electron chi connectivity index (χ2n) is 3.78. The summed E-state index contributed by atoms with van der Waals surface area (Å²) in [4.78, 5) is 18.8. The Morgan fingerprint density at radius 2 is 2.11 bits per heavy atom. The molecular formula is C13H13N3O2. The molecule has 2 aromatic rings. The summed E-state index contributed by atoms with van der Waals surface area (Å²) in [6, 6.07) is 8.81. The first-order chi connectivity index (χ1) is 8.75. The highest BCUT2D eigenvalue weighted by atomic mass is 16.4. The number of rotatable bonds is 5. The monoisotopic (exact) mass is 243 g/mol. The van der Waals surface area contributed by atoms with Crippen LogP contribution in [0.1, 0.15) is 21.7 Å². The number of nitrogens with one attached hydrogen (secondary N) is 1. The standard InChI is InChI=1S/C13H13N3O2/c17-13(18)12-5-1-4-11(16-12)9-15-8-10-3-2-6-14-7-10/h1-7,15H,8-9H2,(H,17,18). The smallest absolute Gasteiger partial charge is 0.354 e. The van der Waals surface area contributed by atoms with Crippen molar-refractivity contribution in [3.05, 3.63) is 59.7 Å². The molecule has 18 heavy (non-hydrogen) atoms. The van der Waals surface area contributed by atoms with Crippen molar-refractivity contribution in [2.75, 3.05) is 0 Å². The number of carbonyl (C=O) groups is 1. The van der Waals surface area contributed by atoms with E-state index in [1.807, 2.05) is 12.1 Å². The summed E-state index contributed by atoms with van der Waals surface area (Å²) in [5.41, 5.74) is 1.85. The average molecular weight is 243 g/mol. The van der Waals surface area contributed by atoms with Gasteiger partial charge in [0.05, 0.1) is 5.69 Å². The average Bonchev–Trinajstić information content (AvgIpc) is 2.40. The van der Waals surface area contributed by atoms with Crippen LogP contribution < -0.4 is 5.32 Å². The molecule has 0 spiro atoms. The predicted molar refractivity (Wildman–Crippen MR) is 66.0 cm³/mol. The minimum absolute atomic E-state index is 0.0654. The van der Waals surface area contributed by atoms with Crippen molar-refractivity contribution in [3.8, 4) is 0 Å². The molecule has 5 heteroatoms. The van der Waals surface area contributed by atoms with Crippen LogP contribution in [-0.2, 0) is 13.1 Å². The zero-order chi connectivity index (χ0) is 12.8. The fraction of sp³-hybridized carbons (Fsp3) is 0.154. The maximum absolute atomic E-state index is 10.8. The van der Waals surface area contributed by atoms with E-state index in [-0.39, 0.29) is 5.69 Å². The van der Waals surface area contributed by atoms with Crippen molar-refractivity contribution in [2.24, 2.45) is 0 Å². The van der Waals surface area contributed by atoms with Crippen LogP contribution >= 0.6 is 0 Å². The molecule has 0 aliphatic carbocycles. The highest BCUT2D eigenvalue weighted by molar-refractivity contribution is 5.85. The van der Waals surface area contributed by atoms with Gasteiger partial charge >= 0.3 is 5.97 Å². The summed E-state index contributed by atoms with van der Waals surface area (Å²) in [7, 11) is 0. The molecule has 92 valence electrons. The Morgan fingerprint density at radius 1 is 1.22 bits per heavy atom. The van der Waals surface area contributed by atoms with Gasteiger partial charge in [-0.15, -0.1) is 0 Å². The van der Waals surface area contributed by atoms with Gasteiger partial charge in [-0.3, -0.25) is 4.98 Å².